The summed E-state index contributed by atoms with van der Waals surface area (Å²) >= 11 is 0. The Morgan fingerprint density at radius 2 is 1.47 bits per heavy atom. The van der Waals surface area contributed by atoms with E-state index in [0.29, 0.717) is 6.04 Å². The zero-order valence-corrected chi connectivity index (χ0v) is 12.4. The molecule has 0 atom stereocenters. The minimum absolute atomic E-state index is 0.0388. The van der Waals surface area contributed by atoms with Gasteiger partial charge < -0.3 is 4.74 Å². The fraction of sp³-hybridized carbons (Fsp3) is 1.00. The van der Waals surface area contributed by atoms with E-state index in [4.69, 9.17) is 4.74 Å². The first-order chi connectivity index (χ1) is 9.18. The first-order valence-electron chi connectivity index (χ1n) is 7.72. The molecule has 0 aromatic rings. The molecule has 0 amide bonds. The normalized spacial score (nSPS) is 29.3. The minimum Gasteiger partial charge on any atom is -0.381 e. The van der Waals surface area contributed by atoms with E-state index in [9.17, 15) is 8.42 Å². The van der Waals surface area contributed by atoms with Crippen molar-refractivity contribution in [1.82, 2.24) is 4.90 Å². The van der Waals surface area contributed by atoms with E-state index in [-0.39, 0.29) is 10.5 Å². The van der Waals surface area contributed by atoms with Gasteiger partial charge in [-0.3, -0.25) is 4.90 Å². The van der Waals surface area contributed by atoms with E-state index in [2.05, 4.69) is 4.90 Å². The molecule has 3 aliphatic rings. The Morgan fingerprint density at radius 3 is 2.11 bits per heavy atom. The van der Waals surface area contributed by atoms with Gasteiger partial charge in [0.15, 0.2) is 9.84 Å². The molecule has 3 rings (SSSR count). The summed E-state index contributed by atoms with van der Waals surface area (Å²) in [5, 5.41) is -0.124. The van der Waals surface area contributed by atoms with Crippen LogP contribution in [0, 0.1) is 0 Å². The number of ether oxygens (including phenoxy) is 1. The molecular formula is C14H25NO3S. The van der Waals surface area contributed by atoms with Crippen LogP contribution in [0.3, 0.4) is 0 Å². The number of nitrogens with zero attached hydrogens (tertiary/aromatic N) is 1. The second kappa shape index (κ2) is 5.70. The molecule has 4 nitrogen and oxygen atoms in total. The van der Waals surface area contributed by atoms with Crippen molar-refractivity contribution in [2.45, 2.75) is 61.5 Å². The smallest absolute Gasteiger partial charge is 0.158 e. The third-order valence-electron chi connectivity index (χ3n) is 5.06. The number of hydrogen-bond donors (Lipinski definition) is 0. The molecule has 2 heterocycles. The number of likely N-dealkylation sites (tertiary alicyclic amines) is 1. The molecule has 19 heavy (non-hydrogen) atoms. The van der Waals surface area contributed by atoms with Crippen LogP contribution in [0.5, 0.6) is 0 Å². The van der Waals surface area contributed by atoms with Gasteiger partial charge in [0.25, 0.3) is 0 Å². The predicted molar refractivity (Wildman–Crippen MR) is 75.0 cm³/mol. The van der Waals surface area contributed by atoms with Crippen LogP contribution in [-0.2, 0) is 14.6 Å². The lowest BCUT2D eigenvalue weighted by Crippen LogP contribution is -2.60. The molecule has 0 radical (unpaired) electrons. The maximum atomic E-state index is 12.5. The summed E-state index contributed by atoms with van der Waals surface area (Å²) < 4.78 is 30.5. The Labute approximate surface area is 116 Å². The van der Waals surface area contributed by atoms with E-state index in [1.807, 2.05) is 0 Å². The van der Waals surface area contributed by atoms with E-state index in [1.54, 1.807) is 0 Å². The quantitative estimate of drug-likeness (QED) is 0.791. The van der Waals surface area contributed by atoms with Gasteiger partial charge >= 0.3 is 0 Å². The molecule has 0 N–H and O–H groups in total. The highest BCUT2D eigenvalue weighted by molar-refractivity contribution is 7.92. The van der Waals surface area contributed by atoms with Crippen molar-refractivity contribution in [3.8, 4) is 0 Å². The van der Waals surface area contributed by atoms with Crippen LogP contribution >= 0.6 is 0 Å². The van der Waals surface area contributed by atoms with Crippen LogP contribution < -0.4 is 0 Å². The van der Waals surface area contributed by atoms with Gasteiger partial charge in [0.2, 0.25) is 0 Å². The fourth-order valence-electron chi connectivity index (χ4n) is 3.69. The van der Waals surface area contributed by atoms with Crippen LogP contribution in [0.25, 0.3) is 0 Å². The maximum absolute atomic E-state index is 12.5. The highest BCUT2D eigenvalue weighted by Gasteiger charge is 2.43. The van der Waals surface area contributed by atoms with Crippen molar-refractivity contribution in [2.24, 2.45) is 0 Å². The molecular weight excluding hydrogens is 262 g/mol. The highest BCUT2D eigenvalue weighted by Crippen LogP contribution is 2.31. The number of sulfone groups is 1. The zero-order chi connectivity index (χ0) is 13.3. The molecule has 0 spiro atoms. The van der Waals surface area contributed by atoms with E-state index in [0.717, 1.165) is 64.8 Å². The van der Waals surface area contributed by atoms with Gasteiger partial charge in [-0.05, 0) is 25.7 Å². The predicted octanol–water partition coefficient (Wildman–Crippen LogP) is 1.60. The van der Waals surface area contributed by atoms with Crippen LogP contribution in [0.2, 0.25) is 0 Å². The van der Waals surface area contributed by atoms with Crippen molar-refractivity contribution in [1.29, 1.82) is 0 Å². The maximum Gasteiger partial charge on any atom is 0.158 e. The highest BCUT2D eigenvalue weighted by atomic mass is 32.2. The molecule has 0 aromatic heterocycles. The van der Waals surface area contributed by atoms with Crippen molar-refractivity contribution >= 4 is 9.84 Å². The largest absolute Gasteiger partial charge is 0.381 e. The molecule has 0 aromatic carbocycles. The molecule has 0 unspecified atom stereocenters. The summed E-state index contributed by atoms with van der Waals surface area (Å²) in [5.74, 6) is 0. The van der Waals surface area contributed by atoms with Gasteiger partial charge in [0.1, 0.15) is 0 Å². The topological polar surface area (TPSA) is 46.6 Å². The fourth-order valence-corrected chi connectivity index (χ4v) is 6.02. The van der Waals surface area contributed by atoms with Crippen LogP contribution in [0.15, 0.2) is 0 Å². The number of hydrogen-bond acceptors (Lipinski definition) is 4. The summed E-state index contributed by atoms with van der Waals surface area (Å²) in [7, 11) is -2.87. The standard InChI is InChI=1S/C14H25NO3S/c16-19(17,13-4-2-1-3-5-13)14-10-15(11-14)12-6-8-18-9-7-12/h12-14H,1-11H2. The first-order valence-corrected chi connectivity index (χ1v) is 9.33. The average Bonchev–Trinajstić information content (AvgIpc) is 2.39. The Kier molecular flexibility index (Phi) is 4.15. The van der Waals surface area contributed by atoms with Gasteiger partial charge in [-0.2, -0.15) is 0 Å². The van der Waals surface area contributed by atoms with E-state index in [1.165, 1.54) is 6.42 Å². The third kappa shape index (κ3) is 2.83. The second-order valence-electron chi connectivity index (χ2n) is 6.27. The summed E-state index contributed by atoms with van der Waals surface area (Å²) in [5.41, 5.74) is 0. The lowest BCUT2D eigenvalue weighted by Gasteiger charge is -2.46. The first kappa shape index (κ1) is 13.8. The van der Waals surface area contributed by atoms with Crippen LogP contribution in [0.4, 0.5) is 0 Å². The lowest BCUT2D eigenvalue weighted by molar-refractivity contribution is 0.0123. The van der Waals surface area contributed by atoms with E-state index >= 15 is 0 Å². The summed E-state index contributed by atoms with van der Waals surface area (Å²) in [6.45, 7) is 3.20. The van der Waals surface area contributed by atoms with Crippen LogP contribution in [0.1, 0.15) is 44.9 Å². The van der Waals surface area contributed by atoms with Gasteiger partial charge in [-0.1, -0.05) is 19.3 Å². The van der Waals surface area contributed by atoms with Crippen molar-refractivity contribution in [2.75, 3.05) is 26.3 Å². The molecule has 0 bridgehead atoms. The Morgan fingerprint density at radius 1 is 0.842 bits per heavy atom. The van der Waals surface area contributed by atoms with Gasteiger partial charge in [-0.15, -0.1) is 0 Å². The molecule has 110 valence electrons. The van der Waals surface area contributed by atoms with Gasteiger partial charge in [-0.25, -0.2) is 8.42 Å². The monoisotopic (exact) mass is 287 g/mol. The molecule has 2 saturated heterocycles. The molecule has 5 heteroatoms. The molecule has 1 saturated carbocycles. The molecule has 1 aliphatic carbocycles. The summed E-state index contributed by atoms with van der Waals surface area (Å²) in [6, 6.07) is 0.562. The lowest BCUT2D eigenvalue weighted by atomic mass is 10.0. The zero-order valence-electron chi connectivity index (χ0n) is 11.6. The number of rotatable bonds is 3. The van der Waals surface area contributed by atoms with Crippen molar-refractivity contribution < 1.29 is 13.2 Å². The van der Waals surface area contributed by atoms with Gasteiger partial charge in [0, 0.05) is 32.3 Å². The van der Waals surface area contributed by atoms with Crippen LogP contribution in [-0.4, -0.2) is 56.2 Å². The molecule has 2 aliphatic heterocycles. The van der Waals surface area contributed by atoms with Crippen molar-refractivity contribution in [3.63, 3.8) is 0 Å². The average molecular weight is 287 g/mol. The summed E-state index contributed by atoms with van der Waals surface area (Å²) in [4.78, 5) is 2.35. The Bertz CT molecular complexity index is 391. The Balaban J connectivity index is 1.54. The Hall–Kier alpha value is -0.130. The summed E-state index contributed by atoms with van der Waals surface area (Å²) in [6.07, 6.45) is 7.34. The van der Waals surface area contributed by atoms with Crippen molar-refractivity contribution in [3.05, 3.63) is 0 Å². The SMILES string of the molecule is O=S(=O)(C1CCCCC1)C1CN(C2CCOCC2)C1. The second-order valence-corrected chi connectivity index (χ2v) is 8.78. The van der Waals surface area contributed by atoms with E-state index < -0.39 is 9.84 Å². The molecule has 3 fully saturated rings. The third-order valence-corrected chi connectivity index (χ3v) is 7.69. The minimum atomic E-state index is -2.87. The van der Waals surface area contributed by atoms with Gasteiger partial charge in [0.05, 0.1) is 10.5 Å².